The molecule has 0 radical (unpaired) electrons. The SMILES string of the molecule is COC(=O)c1ccc([C@H](C)NC(=O)c2c(C(F)F)nn(C)c2Oc2cccc(SC(F)(F)F)c2)cc1. The second-order valence-electron chi connectivity index (χ2n) is 7.42. The number of rotatable bonds is 8. The summed E-state index contributed by atoms with van der Waals surface area (Å²) in [6.07, 6.45) is -3.13. The molecule has 7 nitrogen and oxygen atoms in total. The normalized spacial score (nSPS) is 12.4. The summed E-state index contributed by atoms with van der Waals surface area (Å²) in [7, 11) is 2.50. The van der Waals surface area contributed by atoms with Crippen molar-refractivity contribution in [3.63, 3.8) is 0 Å². The average Bonchev–Trinajstić information content (AvgIpc) is 3.14. The molecular weight excluding hydrogens is 509 g/mol. The van der Waals surface area contributed by atoms with Gasteiger partial charge in [0.25, 0.3) is 12.3 Å². The highest BCUT2D eigenvalue weighted by Gasteiger charge is 2.32. The van der Waals surface area contributed by atoms with Crippen LogP contribution < -0.4 is 10.1 Å². The van der Waals surface area contributed by atoms with E-state index in [1.54, 1.807) is 19.1 Å². The highest BCUT2D eigenvalue weighted by molar-refractivity contribution is 8.00. The third kappa shape index (κ3) is 6.53. The van der Waals surface area contributed by atoms with Crippen molar-refractivity contribution in [2.75, 3.05) is 7.11 Å². The molecular formula is C23H20F5N3O4S. The number of hydrogen-bond donors (Lipinski definition) is 1. The van der Waals surface area contributed by atoms with Crippen molar-refractivity contribution in [1.29, 1.82) is 0 Å². The van der Waals surface area contributed by atoms with Crippen molar-refractivity contribution in [3.05, 3.63) is 70.9 Å². The third-order valence-corrected chi connectivity index (χ3v) is 5.61. The zero-order valence-corrected chi connectivity index (χ0v) is 19.9. The number of halogens is 5. The van der Waals surface area contributed by atoms with Gasteiger partial charge in [-0.25, -0.2) is 18.3 Å². The van der Waals surface area contributed by atoms with Gasteiger partial charge >= 0.3 is 11.5 Å². The highest BCUT2D eigenvalue weighted by Crippen LogP contribution is 2.39. The molecule has 192 valence electrons. The molecule has 36 heavy (non-hydrogen) atoms. The predicted molar refractivity (Wildman–Crippen MR) is 120 cm³/mol. The Kier molecular flexibility index (Phi) is 8.23. The van der Waals surface area contributed by atoms with Gasteiger partial charge in [0.05, 0.1) is 18.7 Å². The third-order valence-electron chi connectivity index (χ3n) is 4.89. The Morgan fingerprint density at radius 3 is 2.36 bits per heavy atom. The predicted octanol–water partition coefficient (Wildman–Crippen LogP) is 6.04. The van der Waals surface area contributed by atoms with Crippen molar-refractivity contribution < 1.29 is 41.0 Å². The Hall–Kier alpha value is -3.61. The Balaban J connectivity index is 1.88. The van der Waals surface area contributed by atoms with Gasteiger partial charge in [-0.15, -0.1) is 0 Å². The number of carbonyl (C=O) groups is 2. The molecule has 0 aliphatic rings. The Morgan fingerprint density at radius 1 is 1.11 bits per heavy atom. The van der Waals surface area contributed by atoms with Crippen molar-refractivity contribution in [3.8, 4) is 11.6 Å². The molecule has 0 aliphatic heterocycles. The molecule has 0 saturated carbocycles. The molecule has 1 heterocycles. The van der Waals surface area contributed by atoms with Gasteiger partial charge in [-0.05, 0) is 54.6 Å². The summed E-state index contributed by atoms with van der Waals surface area (Å²) in [5, 5.41) is 6.25. The minimum atomic E-state index is -4.54. The van der Waals surface area contributed by atoms with Crippen molar-refractivity contribution in [1.82, 2.24) is 15.1 Å². The molecule has 0 bridgehead atoms. The van der Waals surface area contributed by atoms with E-state index in [9.17, 15) is 31.5 Å². The fourth-order valence-corrected chi connectivity index (χ4v) is 3.82. The van der Waals surface area contributed by atoms with Crippen LogP contribution in [0.25, 0.3) is 0 Å². The molecule has 1 atom stereocenters. The number of aryl methyl sites for hydroxylation is 1. The van der Waals surface area contributed by atoms with Crippen LogP contribution in [-0.2, 0) is 11.8 Å². The molecule has 2 aromatic carbocycles. The number of benzene rings is 2. The summed E-state index contributed by atoms with van der Waals surface area (Å²) < 4.78 is 76.7. The Morgan fingerprint density at radius 2 is 1.78 bits per heavy atom. The fourth-order valence-electron chi connectivity index (χ4n) is 3.24. The first-order valence-electron chi connectivity index (χ1n) is 10.3. The van der Waals surface area contributed by atoms with Crippen LogP contribution in [0.2, 0.25) is 0 Å². The van der Waals surface area contributed by atoms with Gasteiger partial charge < -0.3 is 14.8 Å². The number of hydrogen-bond acceptors (Lipinski definition) is 6. The summed E-state index contributed by atoms with van der Waals surface area (Å²) in [5.74, 6) is -1.95. The van der Waals surface area contributed by atoms with Crippen LogP contribution >= 0.6 is 11.8 Å². The molecule has 0 unspecified atom stereocenters. The lowest BCUT2D eigenvalue weighted by Crippen LogP contribution is -2.27. The van der Waals surface area contributed by atoms with Crippen molar-refractivity contribution >= 4 is 23.6 Å². The maximum absolute atomic E-state index is 13.7. The number of nitrogens with zero attached hydrogens (tertiary/aromatic N) is 2. The first-order valence-corrected chi connectivity index (χ1v) is 11.1. The number of carbonyl (C=O) groups excluding carboxylic acids is 2. The van der Waals surface area contributed by atoms with E-state index in [1.807, 2.05) is 0 Å². The van der Waals surface area contributed by atoms with E-state index in [2.05, 4.69) is 15.2 Å². The number of alkyl halides is 5. The van der Waals surface area contributed by atoms with E-state index in [0.29, 0.717) is 5.56 Å². The molecule has 1 aromatic heterocycles. The van der Waals surface area contributed by atoms with Gasteiger partial charge in [-0.1, -0.05) is 18.2 Å². The quantitative estimate of drug-likeness (QED) is 0.218. The fraction of sp³-hybridized carbons (Fsp3) is 0.261. The smallest absolute Gasteiger partial charge is 0.446 e. The van der Waals surface area contributed by atoms with E-state index in [-0.39, 0.29) is 33.9 Å². The number of methoxy groups -OCH3 is 1. The minimum Gasteiger partial charge on any atom is -0.465 e. The monoisotopic (exact) mass is 529 g/mol. The molecule has 13 heteroatoms. The Labute approximate surface area is 206 Å². The van der Waals surface area contributed by atoms with Gasteiger partial charge in [0.1, 0.15) is 17.0 Å². The van der Waals surface area contributed by atoms with Gasteiger partial charge in [0.15, 0.2) is 0 Å². The van der Waals surface area contributed by atoms with Crippen molar-refractivity contribution in [2.24, 2.45) is 7.05 Å². The summed E-state index contributed by atoms with van der Waals surface area (Å²) in [4.78, 5) is 24.5. The zero-order valence-electron chi connectivity index (χ0n) is 19.1. The summed E-state index contributed by atoms with van der Waals surface area (Å²) in [6, 6.07) is 10.3. The molecule has 3 rings (SSSR count). The van der Waals surface area contributed by atoms with Gasteiger partial charge in [-0.2, -0.15) is 18.3 Å². The highest BCUT2D eigenvalue weighted by atomic mass is 32.2. The van der Waals surface area contributed by atoms with Gasteiger partial charge in [0.2, 0.25) is 5.88 Å². The van der Waals surface area contributed by atoms with Gasteiger partial charge in [-0.3, -0.25) is 4.79 Å². The average molecular weight is 529 g/mol. The van der Waals surface area contributed by atoms with Crippen LogP contribution in [0.5, 0.6) is 11.6 Å². The maximum atomic E-state index is 13.7. The van der Waals surface area contributed by atoms with Crippen LogP contribution in [0.15, 0.2) is 53.4 Å². The maximum Gasteiger partial charge on any atom is 0.446 e. The molecule has 0 fully saturated rings. The summed E-state index contributed by atoms with van der Waals surface area (Å²) in [6.45, 7) is 1.60. The van der Waals surface area contributed by atoms with E-state index >= 15 is 0 Å². The van der Waals surface area contributed by atoms with Crippen LogP contribution in [0, 0.1) is 0 Å². The lowest BCUT2D eigenvalue weighted by molar-refractivity contribution is -0.0328. The van der Waals surface area contributed by atoms with E-state index in [1.165, 1.54) is 44.5 Å². The molecule has 0 saturated heterocycles. The van der Waals surface area contributed by atoms with Crippen LogP contribution in [0.3, 0.4) is 0 Å². The van der Waals surface area contributed by atoms with Gasteiger partial charge in [0, 0.05) is 11.9 Å². The lowest BCUT2D eigenvalue weighted by Gasteiger charge is -2.16. The number of esters is 1. The Bertz CT molecular complexity index is 1250. The molecule has 1 amide bonds. The number of thioether (sulfide) groups is 1. The van der Waals surface area contributed by atoms with Crippen molar-refractivity contribution in [2.45, 2.75) is 29.8 Å². The number of aromatic nitrogens is 2. The largest absolute Gasteiger partial charge is 0.465 e. The van der Waals surface area contributed by atoms with E-state index in [4.69, 9.17) is 4.74 Å². The molecule has 3 aromatic rings. The zero-order chi connectivity index (χ0) is 26.6. The molecule has 0 spiro atoms. The first-order chi connectivity index (χ1) is 16.9. The number of amides is 1. The summed E-state index contributed by atoms with van der Waals surface area (Å²) >= 11 is -0.370. The second kappa shape index (κ2) is 11.0. The first kappa shape index (κ1) is 27.0. The molecule has 0 aliphatic carbocycles. The topological polar surface area (TPSA) is 82.5 Å². The van der Waals surface area contributed by atoms with Crippen LogP contribution in [0.1, 0.15) is 51.4 Å². The van der Waals surface area contributed by atoms with Crippen LogP contribution in [-0.4, -0.2) is 34.3 Å². The van der Waals surface area contributed by atoms with E-state index in [0.717, 1.165) is 10.7 Å². The number of ether oxygens (including phenoxy) is 2. The minimum absolute atomic E-state index is 0.103. The van der Waals surface area contributed by atoms with Crippen LogP contribution in [0.4, 0.5) is 22.0 Å². The number of nitrogens with one attached hydrogen (secondary N) is 1. The summed E-state index contributed by atoms with van der Waals surface area (Å²) in [5.41, 5.74) is -5.09. The standard InChI is InChI=1S/C23H20F5N3O4S/c1-12(13-7-9-14(10-8-13)22(33)34-3)29-20(32)17-18(19(24)25)30-31(2)21(17)35-15-5-4-6-16(11-15)36-23(26,27)28/h4-12,19H,1-3H3,(H,29,32)/t12-/m0/s1. The lowest BCUT2D eigenvalue weighted by atomic mass is 10.1. The molecule has 1 N–H and O–H groups in total. The second-order valence-corrected chi connectivity index (χ2v) is 8.56. The van der Waals surface area contributed by atoms with E-state index < -0.39 is 41.1 Å².